The van der Waals surface area contributed by atoms with E-state index < -0.39 is 0 Å². The van der Waals surface area contributed by atoms with Crippen molar-refractivity contribution in [3.63, 3.8) is 0 Å². The van der Waals surface area contributed by atoms with Gasteiger partial charge in [0.1, 0.15) is 5.82 Å². The predicted molar refractivity (Wildman–Crippen MR) is 97.8 cm³/mol. The molecule has 2 unspecified atom stereocenters. The normalized spacial score (nSPS) is 22.2. The molecule has 0 aliphatic carbocycles. The molecule has 2 aromatic heterocycles. The van der Waals surface area contributed by atoms with Gasteiger partial charge < -0.3 is 9.80 Å². The van der Waals surface area contributed by atoms with E-state index in [9.17, 15) is 4.79 Å². The van der Waals surface area contributed by atoms with Crippen molar-refractivity contribution in [1.82, 2.24) is 24.6 Å². The Hall–Kier alpha value is -2.96. The summed E-state index contributed by atoms with van der Waals surface area (Å²) in [5, 5.41) is 5.42. The van der Waals surface area contributed by atoms with Gasteiger partial charge in [-0.1, -0.05) is 18.2 Å². The first kappa shape index (κ1) is 15.3. The van der Waals surface area contributed by atoms with Crippen LogP contribution in [0.1, 0.15) is 10.5 Å². The molecule has 0 N–H and O–H groups in total. The van der Waals surface area contributed by atoms with Crippen LogP contribution in [0.3, 0.4) is 0 Å². The second-order valence-corrected chi connectivity index (χ2v) is 7.19. The van der Waals surface area contributed by atoms with Gasteiger partial charge in [0.2, 0.25) is 0 Å². The summed E-state index contributed by atoms with van der Waals surface area (Å²) in [5.41, 5.74) is 1.55. The van der Waals surface area contributed by atoms with Gasteiger partial charge in [0, 0.05) is 62.8 Å². The Kier molecular flexibility index (Phi) is 3.41. The van der Waals surface area contributed by atoms with E-state index in [0.717, 1.165) is 42.9 Å². The fourth-order valence-electron chi connectivity index (χ4n) is 4.32. The molecule has 7 heteroatoms. The molecule has 2 aliphatic heterocycles. The van der Waals surface area contributed by atoms with Crippen molar-refractivity contribution in [2.45, 2.75) is 0 Å². The monoisotopic (exact) mass is 348 g/mol. The van der Waals surface area contributed by atoms with E-state index >= 15 is 0 Å². The van der Waals surface area contributed by atoms with Crippen LogP contribution in [0.4, 0.5) is 5.82 Å². The molecule has 3 aromatic rings. The second kappa shape index (κ2) is 5.79. The number of rotatable bonds is 2. The van der Waals surface area contributed by atoms with Crippen LogP contribution in [-0.2, 0) is 7.05 Å². The Morgan fingerprint density at radius 1 is 1.08 bits per heavy atom. The molecule has 0 saturated carbocycles. The van der Waals surface area contributed by atoms with Crippen LogP contribution in [0.15, 0.2) is 42.9 Å². The first-order valence-electron chi connectivity index (χ1n) is 8.92. The van der Waals surface area contributed by atoms with E-state index in [-0.39, 0.29) is 5.91 Å². The van der Waals surface area contributed by atoms with Crippen molar-refractivity contribution in [2.24, 2.45) is 18.9 Å². The van der Waals surface area contributed by atoms with Crippen LogP contribution in [0, 0.1) is 11.8 Å². The molecule has 1 aromatic carbocycles. The first-order valence-corrected chi connectivity index (χ1v) is 8.92. The van der Waals surface area contributed by atoms with Gasteiger partial charge in [-0.05, 0) is 6.07 Å². The molecule has 0 radical (unpaired) electrons. The Bertz CT molecular complexity index is 955. The minimum atomic E-state index is 0.0438. The zero-order valence-corrected chi connectivity index (χ0v) is 14.6. The molecule has 0 bridgehead atoms. The maximum absolute atomic E-state index is 13.1. The first-order chi connectivity index (χ1) is 12.7. The van der Waals surface area contributed by atoms with Crippen molar-refractivity contribution in [1.29, 1.82) is 0 Å². The number of likely N-dealkylation sites (tertiary alicyclic amines) is 1. The van der Waals surface area contributed by atoms with Crippen molar-refractivity contribution in [2.75, 3.05) is 31.1 Å². The summed E-state index contributed by atoms with van der Waals surface area (Å²) >= 11 is 0. The number of fused-ring (bicyclic) bond motifs is 2. The van der Waals surface area contributed by atoms with Crippen LogP contribution < -0.4 is 4.90 Å². The lowest BCUT2D eigenvalue weighted by Gasteiger charge is -2.21. The Morgan fingerprint density at radius 3 is 2.58 bits per heavy atom. The number of aryl methyl sites for hydroxylation is 1. The van der Waals surface area contributed by atoms with Gasteiger partial charge in [0.05, 0.1) is 11.7 Å². The summed E-state index contributed by atoms with van der Waals surface area (Å²) < 4.78 is 1.79. The van der Waals surface area contributed by atoms with Crippen molar-refractivity contribution < 1.29 is 4.79 Å². The van der Waals surface area contributed by atoms with E-state index in [4.69, 9.17) is 0 Å². The molecular weight excluding hydrogens is 328 g/mol. The van der Waals surface area contributed by atoms with Crippen LogP contribution in [0.2, 0.25) is 0 Å². The molecular formula is C19H20N6O. The van der Waals surface area contributed by atoms with E-state index in [1.54, 1.807) is 17.1 Å². The topological polar surface area (TPSA) is 67.2 Å². The smallest absolute Gasteiger partial charge is 0.275 e. The largest absolute Gasteiger partial charge is 0.355 e. The number of aromatic nitrogens is 4. The number of para-hydroxylation sites is 1. The minimum Gasteiger partial charge on any atom is -0.355 e. The van der Waals surface area contributed by atoms with Crippen LogP contribution >= 0.6 is 0 Å². The number of carbonyl (C=O) groups is 1. The standard InChI is InChI=1S/C19H20N6O/c1-23-16-5-3-2-4-15(16)18(22-23)19(26)25-11-13-9-24(10-14(13)12-25)17-8-20-6-7-21-17/h2-8,13-14H,9-12H2,1H3. The van der Waals surface area contributed by atoms with Crippen molar-refractivity contribution >= 4 is 22.6 Å². The molecule has 132 valence electrons. The molecule has 4 heterocycles. The summed E-state index contributed by atoms with van der Waals surface area (Å²) in [7, 11) is 1.89. The summed E-state index contributed by atoms with van der Waals surface area (Å²) in [6, 6.07) is 7.90. The lowest BCUT2D eigenvalue weighted by molar-refractivity contribution is 0.0778. The predicted octanol–water partition coefficient (Wildman–Crippen LogP) is 1.57. The van der Waals surface area contributed by atoms with E-state index in [1.807, 2.05) is 42.4 Å². The highest BCUT2D eigenvalue weighted by molar-refractivity contribution is 6.05. The van der Waals surface area contributed by atoms with Crippen molar-refractivity contribution in [3.05, 3.63) is 48.5 Å². The number of hydrogen-bond acceptors (Lipinski definition) is 5. The molecule has 5 rings (SSSR count). The number of amides is 1. The molecule has 26 heavy (non-hydrogen) atoms. The minimum absolute atomic E-state index is 0.0438. The Labute approximate surface area is 151 Å². The van der Waals surface area contributed by atoms with E-state index in [0.29, 0.717) is 17.5 Å². The summed E-state index contributed by atoms with van der Waals surface area (Å²) in [6.07, 6.45) is 5.23. The molecule has 7 nitrogen and oxygen atoms in total. The zero-order chi connectivity index (χ0) is 17.7. The third-order valence-electron chi connectivity index (χ3n) is 5.61. The highest BCUT2D eigenvalue weighted by Crippen LogP contribution is 2.34. The summed E-state index contributed by atoms with van der Waals surface area (Å²) in [5.74, 6) is 1.93. The lowest BCUT2D eigenvalue weighted by atomic mass is 10.0. The van der Waals surface area contributed by atoms with E-state index in [1.165, 1.54) is 0 Å². The maximum atomic E-state index is 13.1. The fraction of sp³-hybridized carbons (Fsp3) is 0.368. The zero-order valence-electron chi connectivity index (χ0n) is 14.6. The van der Waals surface area contributed by atoms with E-state index in [2.05, 4.69) is 20.0 Å². The maximum Gasteiger partial charge on any atom is 0.275 e. The van der Waals surface area contributed by atoms with Crippen molar-refractivity contribution in [3.8, 4) is 0 Å². The third kappa shape index (κ3) is 2.34. The average Bonchev–Trinajstić information content (AvgIpc) is 3.34. The molecule has 2 aliphatic rings. The number of anilines is 1. The van der Waals surface area contributed by atoms with Crippen LogP contribution in [0.25, 0.3) is 10.9 Å². The number of nitrogens with zero attached hydrogens (tertiary/aromatic N) is 6. The quantitative estimate of drug-likeness (QED) is 0.703. The third-order valence-corrected chi connectivity index (χ3v) is 5.61. The summed E-state index contributed by atoms with van der Waals surface area (Å²) in [6.45, 7) is 3.42. The number of benzene rings is 1. The molecule has 0 spiro atoms. The van der Waals surface area contributed by atoms with Gasteiger partial charge in [0.15, 0.2) is 5.69 Å². The highest BCUT2D eigenvalue weighted by Gasteiger charge is 2.42. The average molecular weight is 348 g/mol. The van der Waals surface area contributed by atoms with Gasteiger partial charge in [-0.25, -0.2) is 4.98 Å². The highest BCUT2D eigenvalue weighted by atomic mass is 16.2. The van der Waals surface area contributed by atoms with Crippen LogP contribution in [0.5, 0.6) is 0 Å². The van der Waals surface area contributed by atoms with Gasteiger partial charge in [-0.15, -0.1) is 0 Å². The van der Waals surface area contributed by atoms with Gasteiger partial charge in [-0.2, -0.15) is 5.10 Å². The summed E-state index contributed by atoms with van der Waals surface area (Å²) in [4.78, 5) is 25.9. The Balaban J connectivity index is 1.34. The molecule has 2 atom stereocenters. The lowest BCUT2D eigenvalue weighted by Crippen LogP contribution is -2.33. The number of hydrogen-bond donors (Lipinski definition) is 0. The second-order valence-electron chi connectivity index (χ2n) is 7.19. The SMILES string of the molecule is Cn1nc(C(=O)N2CC3CN(c4cnccn4)CC3C2)c2ccccc21. The molecule has 1 amide bonds. The van der Waals surface area contributed by atoms with Gasteiger partial charge in [-0.3, -0.25) is 14.5 Å². The Morgan fingerprint density at radius 2 is 1.85 bits per heavy atom. The van der Waals surface area contributed by atoms with Crippen LogP contribution in [-0.4, -0.2) is 56.7 Å². The van der Waals surface area contributed by atoms with Gasteiger partial charge >= 0.3 is 0 Å². The van der Waals surface area contributed by atoms with Gasteiger partial charge in [0.25, 0.3) is 5.91 Å². The molecule has 2 fully saturated rings. The number of carbonyl (C=O) groups excluding carboxylic acids is 1. The molecule has 2 saturated heterocycles. The fourth-order valence-corrected chi connectivity index (χ4v) is 4.32.